The minimum absolute atomic E-state index is 0.0283. The number of aliphatic carboxylic acids is 1. The maximum Gasteiger partial charge on any atom is 0.305 e. The Bertz CT molecular complexity index is 403. The number of aryl methyl sites for hydroxylation is 1. The summed E-state index contributed by atoms with van der Waals surface area (Å²) in [5, 5.41) is 11.4. The van der Waals surface area contributed by atoms with Gasteiger partial charge in [0.1, 0.15) is 0 Å². The van der Waals surface area contributed by atoms with Crippen molar-refractivity contribution in [2.24, 2.45) is 0 Å². The van der Waals surface area contributed by atoms with Crippen molar-refractivity contribution >= 4 is 23.2 Å². The van der Waals surface area contributed by atoms with Crippen molar-refractivity contribution in [2.45, 2.75) is 26.2 Å². The van der Waals surface area contributed by atoms with E-state index in [2.05, 4.69) is 4.98 Å². The van der Waals surface area contributed by atoms with E-state index in [0.29, 0.717) is 0 Å². The summed E-state index contributed by atoms with van der Waals surface area (Å²) >= 11 is 1.55. The summed E-state index contributed by atoms with van der Waals surface area (Å²) in [4.78, 5) is 27.8. The van der Waals surface area contributed by atoms with Crippen LogP contribution in [-0.2, 0) is 22.4 Å². The quantitative estimate of drug-likeness (QED) is 0.829. The summed E-state index contributed by atoms with van der Waals surface area (Å²) in [5.74, 6) is -0.995. The van der Waals surface area contributed by atoms with Crippen molar-refractivity contribution in [1.29, 1.82) is 0 Å². The van der Waals surface area contributed by atoms with E-state index in [1.807, 2.05) is 12.3 Å². The van der Waals surface area contributed by atoms with Crippen LogP contribution in [-0.4, -0.2) is 40.5 Å². The van der Waals surface area contributed by atoms with E-state index < -0.39 is 5.97 Å². The van der Waals surface area contributed by atoms with Crippen molar-refractivity contribution in [3.8, 4) is 0 Å². The number of carboxylic acid groups (broad SMARTS) is 1. The average molecular weight is 256 g/mol. The number of rotatable bonds is 6. The molecule has 94 valence electrons. The number of aromatic nitrogens is 1. The first-order valence-electron chi connectivity index (χ1n) is 5.42. The molecule has 0 radical (unpaired) electrons. The van der Waals surface area contributed by atoms with Gasteiger partial charge >= 0.3 is 5.97 Å². The minimum Gasteiger partial charge on any atom is -0.481 e. The lowest BCUT2D eigenvalue weighted by Gasteiger charge is -2.14. The van der Waals surface area contributed by atoms with Crippen LogP contribution in [0.2, 0.25) is 0 Å². The average Bonchev–Trinajstić information content (AvgIpc) is 2.73. The maximum atomic E-state index is 11.7. The third-order valence-corrected chi connectivity index (χ3v) is 3.36. The molecule has 0 fully saturated rings. The zero-order valence-electron chi connectivity index (χ0n) is 9.97. The summed E-state index contributed by atoms with van der Waals surface area (Å²) in [6.45, 7) is 2.25. The minimum atomic E-state index is -0.897. The summed E-state index contributed by atoms with van der Waals surface area (Å²) < 4.78 is 0. The van der Waals surface area contributed by atoms with Crippen LogP contribution in [0, 0.1) is 0 Å². The van der Waals surface area contributed by atoms with E-state index in [4.69, 9.17) is 5.11 Å². The number of likely N-dealkylation sites (N-methyl/N-ethyl adjacent to an activating group) is 1. The van der Waals surface area contributed by atoms with Crippen LogP contribution in [0.5, 0.6) is 0 Å². The van der Waals surface area contributed by atoms with Gasteiger partial charge in [-0.25, -0.2) is 4.98 Å². The van der Waals surface area contributed by atoms with Crippen molar-refractivity contribution in [2.75, 3.05) is 13.6 Å². The predicted molar refractivity (Wildman–Crippen MR) is 65.1 cm³/mol. The molecule has 1 amide bonds. The highest BCUT2D eigenvalue weighted by Crippen LogP contribution is 2.11. The number of carbonyl (C=O) groups is 2. The summed E-state index contributed by atoms with van der Waals surface area (Å²) in [7, 11) is 1.61. The van der Waals surface area contributed by atoms with E-state index in [1.54, 1.807) is 18.4 Å². The number of thiazole rings is 1. The Morgan fingerprint density at radius 2 is 2.24 bits per heavy atom. The Hall–Kier alpha value is -1.43. The molecule has 1 rings (SSSR count). The fourth-order valence-corrected chi connectivity index (χ4v) is 2.02. The Morgan fingerprint density at radius 3 is 2.76 bits per heavy atom. The molecule has 1 aromatic rings. The molecule has 0 aromatic carbocycles. The first-order valence-corrected chi connectivity index (χ1v) is 6.30. The smallest absolute Gasteiger partial charge is 0.305 e. The first-order chi connectivity index (χ1) is 8.02. The van der Waals surface area contributed by atoms with E-state index in [9.17, 15) is 9.59 Å². The fourth-order valence-electron chi connectivity index (χ4n) is 1.27. The van der Waals surface area contributed by atoms with E-state index in [1.165, 1.54) is 4.90 Å². The molecule has 0 bridgehead atoms. The molecule has 0 atom stereocenters. The molecular formula is C11H16N2O3S. The van der Waals surface area contributed by atoms with Crippen molar-refractivity contribution in [3.05, 3.63) is 16.1 Å². The van der Waals surface area contributed by atoms with Gasteiger partial charge in [-0.2, -0.15) is 0 Å². The second-order valence-corrected chi connectivity index (χ2v) is 4.66. The van der Waals surface area contributed by atoms with Crippen molar-refractivity contribution in [3.63, 3.8) is 0 Å². The third kappa shape index (κ3) is 4.52. The molecular weight excluding hydrogens is 240 g/mol. The topological polar surface area (TPSA) is 70.5 Å². The second-order valence-electron chi connectivity index (χ2n) is 3.72. The van der Waals surface area contributed by atoms with E-state index >= 15 is 0 Å². The SMILES string of the molecule is CCc1nc(CC(=O)N(C)CCC(=O)O)cs1. The van der Waals surface area contributed by atoms with E-state index in [-0.39, 0.29) is 25.3 Å². The number of carbonyl (C=O) groups excluding carboxylic acids is 1. The summed E-state index contributed by atoms with van der Waals surface area (Å²) in [5.41, 5.74) is 0.763. The molecule has 0 aliphatic rings. The molecule has 17 heavy (non-hydrogen) atoms. The van der Waals surface area contributed by atoms with Gasteiger partial charge in [-0.1, -0.05) is 6.92 Å². The van der Waals surface area contributed by atoms with Gasteiger partial charge in [-0.15, -0.1) is 11.3 Å². The van der Waals surface area contributed by atoms with Gasteiger partial charge in [-0.05, 0) is 6.42 Å². The van der Waals surface area contributed by atoms with Crippen molar-refractivity contribution in [1.82, 2.24) is 9.88 Å². The standard InChI is InChI=1S/C11H16N2O3S/c1-3-9-12-8(7-17-9)6-10(14)13(2)5-4-11(15)16/h7H,3-6H2,1-2H3,(H,15,16). The highest BCUT2D eigenvalue weighted by Gasteiger charge is 2.12. The molecule has 0 aliphatic heterocycles. The number of hydrogen-bond acceptors (Lipinski definition) is 4. The lowest BCUT2D eigenvalue weighted by molar-refractivity contribution is -0.138. The molecule has 1 N–H and O–H groups in total. The summed E-state index contributed by atoms with van der Waals surface area (Å²) in [6.07, 6.45) is 1.08. The predicted octanol–water partition coefficient (Wildman–Crippen LogP) is 1.18. The van der Waals surface area contributed by atoms with Gasteiger partial charge in [0.05, 0.1) is 23.5 Å². The molecule has 0 saturated heterocycles. The van der Waals surface area contributed by atoms with E-state index in [0.717, 1.165) is 17.1 Å². The van der Waals surface area contributed by atoms with Gasteiger partial charge in [0.2, 0.25) is 5.91 Å². The zero-order chi connectivity index (χ0) is 12.8. The molecule has 0 spiro atoms. The van der Waals surface area contributed by atoms with Crippen LogP contribution in [0.4, 0.5) is 0 Å². The molecule has 1 heterocycles. The number of carboxylic acids is 1. The maximum absolute atomic E-state index is 11.7. The monoisotopic (exact) mass is 256 g/mol. The van der Waals surface area contributed by atoms with Crippen LogP contribution in [0.1, 0.15) is 24.0 Å². The van der Waals surface area contributed by atoms with Crippen molar-refractivity contribution < 1.29 is 14.7 Å². The normalized spacial score (nSPS) is 10.2. The first kappa shape index (κ1) is 13.6. The molecule has 6 heteroatoms. The van der Waals surface area contributed by atoms with Gasteiger partial charge in [0.15, 0.2) is 0 Å². The molecule has 5 nitrogen and oxygen atoms in total. The van der Waals surface area contributed by atoms with Crippen LogP contribution >= 0.6 is 11.3 Å². The lowest BCUT2D eigenvalue weighted by Crippen LogP contribution is -2.30. The third-order valence-electron chi connectivity index (χ3n) is 2.32. The van der Waals surface area contributed by atoms with Crippen LogP contribution in [0.25, 0.3) is 0 Å². The molecule has 0 saturated carbocycles. The molecule has 0 unspecified atom stereocenters. The van der Waals surface area contributed by atoms with Crippen LogP contribution in [0.3, 0.4) is 0 Å². The largest absolute Gasteiger partial charge is 0.481 e. The van der Waals surface area contributed by atoms with Crippen LogP contribution < -0.4 is 0 Å². The Kier molecular flexibility index (Phi) is 5.09. The molecule has 0 aliphatic carbocycles. The highest BCUT2D eigenvalue weighted by molar-refractivity contribution is 7.09. The summed E-state index contributed by atoms with van der Waals surface area (Å²) in [6, 6.07) is 0. The fraction of sp³-hybridized carbons (Fsp3) is 0.545. The molecule has 1 aromatic heterocycles. The zero-order valence-corrected chi connectivity index (χ0v) is 10.8. The number of amides is 1. The van der Waals surface area contributed by atoms with Gasteiger partial charge in [0.25, 0.3) is 0 Å². The van der Waals surface area contributed by atoms with Gasteiger partial charge in [-0.3, -0.25) is 9.59 Å². The Balaban J connectivity index is 2.45. The lowest BCUT2D eigenvalue weighted by atomic mass is 10.3. The number of nitrogens with zero attached hydrogens (tertiary/aromatic N) is 2. The number of hydrogen-bond donors (Lipinski definition) is 1. The second kappa shape index (κ2) is 6.34. The van der Waals surface area contributed by atoms with Gasteiger partial charge in [0, 0.05) is 19.0 Å². The Morgan fingerprint density at radius 1 is 1.53 bits per heavy atom. The highest BCUT2D eigenvalue weighted by atomic mass is 32.1. The van der Waals surface area contributed by atoms with Crippen LogP contribution in [0.15, 0.2) is 5.38 Å². The Labute approximate surface area is 104 Å². The van der Waals surface area contributed by atoms with Gasteiger partial charge < -0.3 is 10.0 Å².